The number of hydrogen-bond donors (Lipinski definition) is 1. The summed E-state index contributed by atoms with van der Waals surface area (Å²) >= 11 is 0. The van der Waals surface area contributed by atoms with E-state index in [1.807, 2.05) is 0 Å². The first-order valence-corrected chi connectivity index (χ1v) is 1.69. The van der Waals surface area contributed by atoms with Gasteiger partial charge in [-0.15, -0.1) is 0 Å². The zero-order valence-electron chi connectivity index (χ0n) is 4.05. The molecule has 0 aromatic heterocycles. The van der Waals surface area contributed by atoms with Crippen molar-refractivity contribution in [3.05, 3.63) is 0 Å². The van der Waals surface area contributed by atoms with Crippen molar-refractivity contribution in [2.45, 2.75) is 6.92 Å². The molecule has 0 aliphatic heterocycles. The summed E-state index contributed by atoms with van der Waals surface area (Å²) in [5, 5.41) is 0. The average Bonchev–Trinajstić information content (AvgIpc) is 1.35. The maximum Gasteiger partial charge on any atom is 0.404 e. The van der Waals surface area contributed by atoms with E-state index < -0.39 is 6.09 Å². The van der Waals surface area contributed by atoms with Gasteiger partial charge in [-0.3, -0.25) is 0 Å². The summed E-state index contributed by atoms with van der Waals surface area (Å²) in [4.78, 5) is 9.60. The SMILES string of the molecule is CCOC(N)=O.[Bi]. The third-order valence-electron chi connectivity index (χ3n) is 0.287. The molecule has 0 atom stereocenters. The van der Waals surface area contributed by atoms with E-state index in [2.05, 4.69) is 10.5 Å². The van der Waals surface area contributed by atoms with Crippen molar-refractivity contribution in [1.29, 1.82) is 0 Å². The molecule has 0 fully saturated rings. The molecule has 0 saturated carbocycles. The Morgan fingerprint density at radius 1 is 1.86 bits per heavy atom. The Labute approximate surface area is 61.3 Å². The number of ether oxygens (including phenoxy) is 1. The minimum Gasteiger partial charge on any atom is -0.450 e. The topological polar surface area (TPSA) is 52.3 Å². The van der Waals surface area contributed by atoms with Gasteiger partial charge in [-0.2, -0.15) is 0 Å². The second kappa shape index (κ2) is 6.15. The van der Waals surface area contributed by atoms with Gasteiger partial charge in [0.15, 0.2) is 0 Å². The monoisotopic (exact) mass is 298 g/mol. The number of primary amides is 1. The van der Waals surface area contributed by atoms with E-state index in [1.54, 1.807) is 6.92 Å². The van der Waals surface area contributed by atoms with Crippen LogP contribution in [0.2, 0.25) is 0 Å². The largest absolute Gasteiger partial charge is 0.450 e. The van der Waals surface area contributed by atoms with Gasteiger partial charge in [0, 0.05) is 26.2 Å². The molecule has 0 heterocycles. The van der Waals surface area contributed by atoms with Crippen LogP contribution in [-0.4, -0.2) is 38.9 Å². The Kier molecular flexibility index (Phi) is 8.96. The average molecular weight is 298 g/mol. The molecule has 2 N–H and O–H groups in total. The van der Waals surface area contributed by atoms with Crippen LogP contribution >= 0.6 is 0 Å². The van der Waals surface area contributed by atoms with Gasteiger partial charge >= 0.3 is 6.09 Å². The molecular weight excluding hydrogens is 291 g/mol. The summed E-state index contributed by atoms with van der Waals surface area (Å²) in [5.41, 5.74) is 4.54. The zero-order valence-corrected chi connectivity index (χ0v) is 7.53. The summed E-state index contributed by atoms with van der Waals surface area (Å²) in [6.07, 6.45) is -0.711. The predicted octanol–water partition coefficient (Wildman–Crippen LogP) is -0.279. The number of rotatable bonds is 1. The fraction of sp³-hybridized carbons (Fsp3) is 0.667. The van der Waals surface area contributed by atoms with Crippen LogP contribution in [0.15, 0.2) is 0 Å². The molecule has 41 valence electrons. The zero-order chi connectivity index (χ0) is 4.99. The molecule has 0 rings (SSSR count). The van der Waals surface area contributed by atoms with Gasteiger partial charge in [-0.1, -0.05) is 0 Å². The van der Waals surface area contributed by atoms with Crippen molar-refractivity contribution in [2.24, 2.45) is 5.73 Å². The molecule has 3 radical (unpaired) electrons. The van der Waals surface area contributed by atoms with Gasteiger partial charge in [0.2, 0.25) is 0 Å². The second-order valence-electron chi connectivity index (χ2n) is 0.752. The summed E-state index contributed by atoms with van der Waals surface area (Å²) in [7, 11) is 0. The Bertz CT molecular complexity index is 56.9. The van der Waals surface area contributed by atoms with Crippen LogP contribution in [0.25, 0.3) is 0 Å². The predicted molar refractivity (Wildman–Crippen MR) is 27.0 cm³/mol. The van der Waals surface area contributed by atoms with Crippen LogP contribution in [0.1, 0.15) is 6.92 Å². The quantitative estimate of drug-likeness (QED) is 0.677. The molecule has 0 aliphatic rings. The van der Waals surface area contributed by atoms with E-state index in [4.69, 9.17) is 0 Å². The maximum absolute atomic E-state index is 9.60. The third kappa shape index (κ3) is 10.7. The second-order valence-corrected chi connectivity index (χ2v) is 0.752. The van der Waals surface area contributed by atoms with Crippen molar-refractivity contribution in [2.75, 3.05) is 6.61 Å². The smallest absolute Gasteiger partial charge is 0.404 e. The van der Waals surface area contributed by atoms with E-state index in [9.17, 15) is 4.79 Å². The van der Waals surface area contributed by atoms with E-state index in [1.165, 1.54) is 0 Å². The Morgan fingerprint density at radius 2 is 2.29 bits per heavy atom. The summed E-state index contributed by atoms with van der Waals surface area (Å²) < 4.78 is 4.18. The van der Waals surface area contributed by atoms with Crippen LogP contribution in [0.5, 0.6) is 0 Å². The van der Waals surface area contributed by atoms with Crippen LogP contribution in [0, 0.1) is 0 Å². The molecule has 3 nitrogen and oxygen atoms in total. The molecule has 7 heavy (non-hydrogen) atoms. The fourth-order valence-corrected chi connectivity index (χ4v) is 0.142. The van der Waals surface area contributed by atoms with Gasteiger partial charge in [0.25, 0.3) is 0 Å². The first-order valence-electron chi connectivity index (χ1n) is 1.69. The summed E-state index contributed by atoms with van der Waals surface area (Å²) in [5.74, 6) is 0. The summed E-state index contributed by atoms with van der Waals surface area (Å²) in [6.45, 7) is 2.06. The number of carbonyl (C=O) groups is 1. The number of hydrogen-bond acceptors (Lipinski definition) is 2. The van der Waals surface area contributed by atoms with Gasteiger partial charge in [0.1, 0.15) is 0 Å². The minimum atomic E-state index is -0.711. The number of nitrogens with two attached hydrogens (primary N) is 1. The van der Waals surface area contributed by atoms with Gasteiger partial charge in [-0.25, -0.2) is 4.79 Å². The van der Waals surface area contributed by atoms with Gasteiger partial charge in [0.05, 0.1) is 6.61 Å². The molecule has 0 bridgehead atoms. The van der Waals surface area contributed by atoms with Crippen molar-refractivity contribution in [1.82, 2.24) is 0 Å². The summed E-state index contributed by atoms with van der Waals surface area (Å²) in [6, 6.07) is 0. The maximum atomic E-state index is 9.60. The Balaban J connectivity index is 0. The van der Waals surface area contributed by atoms with Crippen LogP contribution < -0.4 is 5.73 Å². The van der Waals surface area contributed by atoms with Crippen molar-refractivity contribution in [3.8, 4) is 0 Å². The normalized spacial score (nSPS) is 6.43. The van der Waals surface area contributed by atoms with Crippen LogP contribution in [0.3, 0.4) is 0 Å². The molecule has 0 aromatic carbocycles. The Hall–Kier alpha value is 0.153. The molecular formula is C3H7BiNO2. The third-order valence-corrected chi connectivity index (χ3v) is 0.287. The van der Waals surface area contributed by atoms with Crippen molar-refractivity contribution in [3.63, 3.8) is 0 Å². The standard InChI is InChI=1S/C3H7NO2.Bi/c1-2-6-3(4)5;/h2H2,1H3,(H2,4,5);. The van der Waals surface area contributed by atoms with Crippen LogP contribution in [0.4, 0.5) is 4.79 Å². The molecule has 1 amide bonds. The van der Waals surface area contributed by atoms with Crippen molar-refractivity contribution < 1.29 is 9.53 Å². The molecule has 4 heteroatoms. The minimum absolute atomic E-state index is 0. The first-order chi connectivity index (χ1) is 2.77. The van der Waals surface area contributed by atoms with Crippen molar-refractivity contribution >= 4 is 32.3 Å². The van der Waals surface area contributed by atoms with E-state index in [0.29, 0.717) is 6.61 Å². The molecule has 0 spiro atoms. The number of amides is 1. The Morgan fingerprint density at radius 3 is 2.29 bits per heavy atom. The van der Waals surface area contributed by atoms with E-state index in [-0.39, 0.29) is 26.2 Å². The van der Waals surface area contributed by atoms with Gasteiger partial charge in [-0.05, 0) is 6.92 Å². The van der Waals surface area contributed by atoms with E-state index in [0.717, 1.165) is 0 Å². The molecule has 0 aliphatic carbocycles. The fourth-order valence-electron chi connectivity index (χ4n) is 0.142. The van der Waals surface area contributed by atoms with Gasteiger partial charge < -0.3 is 10.5 Å². The van der Waals surface area contributed by atoms with E-state index >= 15 is 0 Å². The molecule has 0 unspecified atom stereocenters. The number of carbonyl (C=O) groups excluding carboxylic acids is 1. The molecule has 0 aromatic rings. The van der Waals surface area contributed by atoms with Crippen LogP contribution in [-0.2, 0) is 4.74 Å². The molecule has 0 saturated heterocycles. The first kappa shape index (κ1) is 10.2.